The SMILES string of the molecule is Cc1c[s+]cc(C)c1OP(=O)(Cl)Cl. The maximum absolute atomic E-state index is 11.0. The monoisotopic (exact) mass is 257 g/mol. The molecule has 0 spiro atoms. The van der Waals surface area contributed by atoms with Gasteiger partial charge in [0.25, 0.3) is 0 Å². The topological polar surface area (TPSA) is 26.3 Å². The molecule has 0 amide bonds. The van der Waals surface area contributed by atoms with Crippen molar-refractivity contribution in [3.05, 3.63) is 21.9 Å². The normalized spacial score (nSPS) is 11.4. The smallest absolute Gasteiger partial charge is 0.421 e. The Morgan fingerprint density at radius 2 is 1.77 bits per heavy atom. The van der Waals surface area contributed by atoms with Crippen molar-refractivity contribution in [1.82, 2.24) is 0 Å². The lowest BCUT2D eigenvalue weighted by atomic mass is 10.2. The second-order valence-corrected chi connectivity index (χ2v) is 7.52. The van der Waals surface area contributed by atoms with Gasteiger partial charge < -0.3 is 4.52 Å². The van der Waals surface area contributed by atoms with Gasteiger partial charge in [-0.15, -0.1) is 0 Å². The third kappa shape index (κ3) is 3.43. The zero-order chi connectivity index (χ0) is 10.1. The number of hydrogen-bond acceptors (Lipinski definition) is 2. The lowest BCUT2D eigenvalue weighted by molar-refractivity contribution is 0.509. The lowest BCUT2D eigenvalue weighted by Crippen LogP contribution is -1.88. The summed E-state index contributed by atoms with van der Waals surface area (Å²) in [6.07, 6.45) is -3.49. The third-order valence-electron chi connectivity index (χ3n) is 1.40. The van der Waals surface area contributed by atoms with Crippen molar-refractivity contribution < 1.29 is 9.09 Å². The van der Waals surface area contributed by atoms with Crippen LogP contribution in [-0.4, -0.2) is 0 Å². The molecule has 1 heterocycles. The van der Waals surface area contributed by atoms with Crippen LogP contribution < -0.4 is 4.52 Å². The van der Waals surface area contributed by atoms with Crippen LogP contribution in [0.1, 0.15) is 11.1 Å². The molecular weight excluding hydrogens is 250 g/mol. The molecule has 0 bridgehead atoms. The van der Waals surface area contributed by atoms with Gasteiger partial charge in [0.2, 0.25) is 22.1 Å². The highest BCUT2D eigenvalue weighted by Crippen LogP contribution is 2.58. The van der Waals surface area contributed by atoms with Crippen LogP contribution in [-0.2, 0) is 4.57 Å². The standard InChI is InChI=1S/C7H8Cl2O2PS/c1-5-3-13-4-6(2)7(5)11-12(8,9)10/h3-4H,1-2H3/q+1. The molecule has 0 saturated carbocycles. The van der Waals surface area contributed by atoms with Crippen LogP contribution in [0.3, 0.4) is 0 Å². The molecule has 0 radical (unpaired) electrons. The van der Waals surface area contributed by atoms with Crippen LogP contribution in [0, 0.1) is 13.8 Å². The summed E-state index contributed by atoms with van der Waals surface area (Å²) in [5, 5.41) is 3.76. The summed E-state index contributed by atoms with van der Waals surface area (Å²) >= 11 is 12.2. The minimum atomic E-state index is -3.49. The van der Waals surface area contributed by atoms with Crippen LogP contribution in [0.15, 0.2) is 10.8 Å². The minimum Gasteiger partial charge on any atom is -0.421 e. The Labute approximate surface area is 90.5 Å². The van der Waals surface area contributed by atoms with E-state index in [-0.39, 0.29) is 0 Å². The maximum Gasteiger partial charge on any atom is 0.428 e. The molecule has 72 valence electrons. The highest BCUT2D eigenvalue weighted by Gasteiger charge is 2.20. The van der Waals surface area contributed by atoms with E-state index in [0.717, 1.165) is 11.1 Å². The number of hydrogen-bond donors (Lipinski definition) is 0. The number of aryl methyl sites for hydroxylation is 2. The first-order valence-corrected chi connectivity index (χ1v) is 7.83. The van der Waals surface area contributed by atoms with Crippen LogP contribution in [0.5, 0.6) is 5.75 Å². The van der Waals surface area contributed by atoms with Crippen molar-refractivity contribution in [1.29, 1.82) is 0 Å². The molecule has 0 atom stereocenters. The summed E-state index contributed by atoms with van der Waals surface area (Å²) < 4.78 is 16.0. The summed E-state index contributed by atoms with van der Waals surface area (Å²) in [5.41, 5.74) is 1.76. The Hall–Kier alpha value is 0.180. The van der Waals surface area contributed by atoms with Crippen molar-refractivity contribution in [2.24, 2.45) is 0 Å². The fourth-order valence-corrected chi connectivity index (χ4v) is 2.51. The fourth-order valence-electron chi connectivity index (χ4n) is 0.906. The van der Waals surface area contributed by atoms with Gasteiger partial charge in [0, 0.05) is 33.6 Å². The Morgan fingerprint density at radius 1 is 1.31 bits per heavy atom. The highest BCUT2D eigenvalue weighted by molar-refractivity contribution is 8.05. The van der Waals surface area contributed by atoms with Gasteiger partial charge in [0.15, 0.2) is 0 Å². The summed E-state index contributed by atoms with van der Waals surface area (Å²) in [4.78, 5) is 0. The van der Waals surface area contributed by atoms with E-state index >= 15 is 0 Å². The Balaban J connectivity index is 3.07. The van der Waals surface area contributed by atoms with Crippen molar-refractivity contribution >= 4 is 39.9 Å². The Bertz CT molecular complexity index is 343. The first-order chi connectivity index (χ1) is 5.90. The zero-order valence-electron chi connectivity index (χ0n) is 7.08. The highest BCUT2D eigenvalue weighted by atomic mass is 35.9. The number of halogens is 2. The summed E-state index contributed by atoms with van der Waals surface area (Å²) in [6, 6.07) is 0. The first-order valence-electron chi connectivity index (χ1n) is 3.46. The van der Waals surface area contributed by atoms with E-state index in [1.807, 2.05) is 24.6 Å². The summed E-state index contributed by atoms with van der Waals surface area (Å²) in [7, 11) is 0. The van der Waals surface area contributed by atoms with Gasteiger partial charge in [-0.2, -0.15) is 0 Å². The lowest BCUT2D eigenvalue weighted by Gasteiger charge is -2.08. The van der Waals surface area contributed by atoms with E-state index in [4.69, 9.17) is 27.0 Å². The molecule has 0 aliphatic carbocycles. The fraction of sp³-hybridized carbons (Fsp3) is 0.286. The van der Waals surface area contributed by atoms with Crippen LogP contribution in [0.25, 0.3) is 0 Å². The molecule has 0 aliphatic heterocycles. The first kappa shape index (κ1) is 11.3. The summed E-state index contributed by atoms with van der Waals surface area (Å²) in [5.74, 6) is 0.507. The van der Waals surface area contributed by atoms with E-state index in [1.165, 1.54) is 0 Å². The molecule has 0 N–H and O–H groups in total. The van der Waals surface area contributed by atoms with Crippen LogP contribution in [0.4, 0.5) is 0 Å². The molecule has 0 aromatic carbocycles. The van der Waals surface area contributed by atoms with Crippen molar-refractivity contribution in [2.45, 2.75) is 13.8 Å². The van der Waals surface area contributed by atoms with E-state index in [1.54, 1.807) is 11.3 Å². The molecule has 0 aliphatic rings. The quantitative estimate of drug-likeness (QED) is 0.571. The van der Waals surface area contributed by atoms with E-state index < -0.39 is 6.07 Å². The van der Waals surface area contributed by atoms with Crippen molar-refractivity contribution in [3.63, 3.8) is 0 Å². The van der Waals surface area contributed by atoms with Crippen LogP contribution >= 0.6 is 39.9 Å². The largest absolute Gasteiger partial charge is 0.428 e. The van der Waals surface area contributed by atoms with Gasteiger partial charge in [-0.05, 0) is 13.8 Å². The average molecular weight is 258 g/mol. The molecule has 0 fully saturated rings. The second-order valence-electron chi connectivity index (χ2n) is 2.57. The Morgan fingerprint density at radius 3 is 2.15 bits per heavy atom. The molecule has 1 aromatic rings. The maximum atomic E-state index is 11.0. The predicted octanol–water partition coefficient (Wildman–Crippen LogP) is 4.61. The predicted molar refractivity (Wildman–Crippen MR) is 58.1 cm³/mol. The molecule has 1 rings (SSSR count). The van der Waals surface area contributed by atoms with E-state index in [0.29, 0.717) is 5.75 Å². The van der Waals surface area contributed by atoms with Gasteiger partial charge in [-0.25, -0.2) is 4.57 Å². The molecule has 0 unspecified atom stereocenters. The van der Waals surface area contributed by atoms with E-state index in [9.17, 15) is 4.57 Å². The molecular formula is C7H8Cl2O2PS+. The van der Waals surface area contributed by atoms with Crippen LogP contribution in [0.2, 0.25) is 0 Å². The molecule has 13 heavy (non-hydrogen) atoms. The second kappa shape index (κ2) is 4.14. The van der Waals surface area contributed by atoms with Gasteiger partial charge in [0.1, 0.15) is 5.75 Å². The molecule has 0 saturated heterocycles. The minimum absolute atomic E-state index is 0.507. The number of rotatable bonds is 2. The van der Waals surface area contributed by atoms with Crippen molar-refractivity contribution in [3.8, 4) is 5.75 Å². The molecule has 1 aromatic heterocycles. The van der Waals surface area contributed by atoms with Gasteiger partial charge in [-0.1, -0.05) is 0 Å². The van der Waals surface area contributed by atoms with Gasteiger partial charge in [-0.3, -0.25) is 0 Å². The zero-order valence-corrected chi connectivity index (χ0v) is 10.3. The average Bonchev–Trinajstić information content (AvgIpc) is 1.95. The molecule has 2 nitrogen and oxygen atoms in total. The van der Waals surface area contributed by atoms with Crippen molar-refractivity contribution in [2.75, 3.05) is 0 Å². The Kier molecular flexibility index (Phi) is 3.58. The van der Waals surface area contributed by atoms with E-state index in [2.05, 4.69) is 0 Å². The van der Waals surface area contributed by atoms with Gasteiger partial charge in [0.05, 0.1) is 0 Å². The summed E-state index contributed by atoms with van der Waals surface area (Å²) in [6.45, 7) is 3.70. The molecule has 6 heteroatoms. The van der Waals surface area contributed by atoms with Gasteiger partial charge >= 0.3 is 6.07 Å². The third-order valence-corrected chi connectivity index (χ3v) is 3.19.